The molecule has 0 radical (unpaired) electrons. The van der Waals surface area contributed by atoms with Gasteiger partial charge in [-0.2, -0.15) is 0 Å². The molecule has 0 spiro atoms. The molecule has 2 rings (SSSR count). The van der Waals surface area contributed by atoms with E-state index in [4.69, 9.17) is 0 Å². The lowest BCUT2D eigenvalue weighted by Gasteiger charge is -2.20. The summed E-state index contributed by atoms with van der Waals surface area (Å²) in [5, 5.41) is 0. The van der Waals surface area contributed by atoms with Crippen LogP contribution >= 0.6 is 15.9 Å². The predicted octanol–water partition coefficient (Wildman–Crippen LogP) is 5.75. The van der Waals surface area contributed by atoms with Crippen LogP contribution in [-0.4, -0.2) is 0 Å². The molecule has 0 aliphatic heterocycles. The van der Waals surface area contributed by atoms with Gasteiger partial charge in [-0.3, -0.25) is 0 Å². The average Bonchev–Trinajstić information content (AvgIpc) is 2.40. The zero-order chi connectivity index (χ0) is 14.9. The lowest BCUT2D eigenvalue weighted by Crippen LogP contribution is -2.10. The van der Waals surface area contributed by atoms with Crippen LogP contribution < -0.4 is 0 Å². The topological polar surface area (TPSA) is 0 Å². The van der Waals surface area contributed by atoms with Crippen LogP contribution in [0.15, 0.2) is 42.5 Å². The van der Waals surface area contributed by atoms with E-state index in [9.17, 15) is 8.78 Å². The van der Waals surface area contributed by atoms with Crippen molar-refractivity contribution in [2.45, 2.75) is 31.0 Å². The maximum atomic E-state index is 13.8. The highest BCUT2D eigenvalue weighted by Crippen LogP contribution is 2.34. The van der Waals surface area contributed by atoms with Crippen molar-refractivity contribution in [1.29, 1.82) is 0 Å². The molecule has 0 heterocycles. The Morgan fingerprint density at radius 1 is 0.950 bits per heavy atom. The molecule has 0 aromatic heterocycles. The van der Waals surface area contributed by atoms with Crippen molar-refractivity contribution in [3.8, 4) is 0 Å². The van der Waals surface area contributed by atoms with Crippen molar-refractivity contribution in [2.24, 2.45) is 0 Å². The van der Waals surface area contributed by atoms with Crippen molar-refractivity contribution < 1.29 is 8.78 Å². The van der Waals surface area contributed by atoms with E-state index in [0.717, 1.165) is 17.7 Å². The summed E-state index contributed by atoms with van der Waals surface area (Å²) >= 11 is 3.45. The molecule has 0 saturated carbocycles. The molecule has 0 N–H and O–H groups in total. The minimum absolute atomic E-state index is 0.0739. The van der Waals surface area contributed by atoms with E-state index in [1.165, 1.54) is 11.6 Å². The number of halogens is 3. The Morgan fingerprint density at radius 2 is 1.55 bits per heavy atom. The van der Waals surface area contributed by atoms with E-state index in [0.29, 0.717) is 5.56 Å². The molecular formula is C17H17BrF2. The molecule has 0 saturated heterocycles. The van der Waals surface area contributed by atoms with Gasteiger partial charge >= 0.3 is 0 Å². The minimum atomic E-state index is -0.433. The normalized spacial score (nSPS) is 13.3. The highest BCUT2D eigenvalue weighted by Gasteiger charge is 2.18. The third-order valence-corrected chi connectivity index (χ3v) is 4.32. The standard InChI is InChI=1S/C17H17BrF2/c1-17(2,3)12-6-4-11(5-7-12)16(18)14-10-13(19)8-9-15(14)20/h4-10,16H,1-3H3. The molecule has 0 aliphatic carbocycles. The summed E-state index contributed by atoms with van der Waals surface area (Å²) in [5.74, 6) is -0.842. The number of hydrogen-bond acceptors (Lipinski definition) is 0. The maximum Gasteiger partial charge on any atom is 0.128 e. The quantitative estimate of drug-likeness (QED) is 0.612. The van der Waals surface area contributed by atoms with Gasteiger partial charge in [0.2, 0.25) is 0 Å². The van der Waals surface area contributed by atoms with Crippen LogP contribution in [0.1, 0.15) is 42.3 Å². The minimum Gasteiger partial charge on any atom is -0.207 e. The zero-order valence-corrected chi connectivity index (χ0v) is 13.3. The molecule has 2 aromatic rings. The van der Waals surface area contributed by atoms with Crippen LogP contribution in [-0.2, 0) is 5.41 Å². The first kappa shape index (κ1) is 15.2. The summed E-state index contributed by atoms with van der Waals surface area (Å²) in [7, 11) is 0. The van der Waals surface area contributed by atoms with Crippen molar-refractivity contribution >= 4 is 15.9 Å². The number of rotatable bonds is 2. The monoisotopic (exact) mass is 338 g/mol. The lowest BCUT2D eigenvalue weighted by atomic mass is 9.86. The van der Waals surface area contributed by atoms with Gasteiger partial charge in [-0.25, -0.2) is 8.78 Å². The molecule has 0 bridgehead atoms. The average molecular weight is 339 g/mol. The molecule has 2 aromatic carbocycles. The van der Waals surface area contributed by atoms with Gasteiger partial charge in [0.15, 0.2) is 0 Å². The van der Waals surface area contributed by atoms with Gasteiger partial charge in [-0.05, 0) is 34.7 Å². The maximum absolute atomic E-state index is 13.8. The first-order valence-corrected chi connectivity index (χ1v) is 7.40. The molecule has 3 heteroatoms. The van der Waals surface area contributed by atoms with E-state index in [1.54, 1.807) is 0 Å². The molecule has 0 amide bonds. The van der Waals surface area contributed by atoms with Crippen LogP contribution in [0.2, 0.25) is 0 Å². The Bertz CT molecular complexity index is 597. The van der Waals surface area contributed by atoms with E-state index in [1.807, 2.05) is 24.3 Å². The fourth-order valence-corrected chi connectivity index (χ4v) is 2.70. The highest BCUT2D eigenvalue weighted by molar-refractivity contribution is 9.09. The van der Waals surface area contributed by atoms with Crippen molar-refractivity contribution in [1.82, 2.24) is 0 Å². The smallest absolute Gasteiger partial charge is 0.128 e. The molecule has 20 heavy (non-hydrogen) atoms. The second kappa shape index (κ2) is 5.65. The number of alkyl halides is 1. The predicted molar refractivity (Wildman–Crippen MR) is 82.3 cm³/mol. The van der Waals surface area contributed by atoms with Crippen LogP contribution in [0.3, 0.4) is 0 Å². The molecule has 1 atom stereocenters. The SMILES string of the molecule is CC(C)(C)c1ccc(C(Br)c2cc(F)ccc2F)cc1. The van der Waals surface area contributed by atoms with E-state index >= 15 is 0 Å². The summed E-state index contributed by atoms with van der Waals surface area (Å²) in [5.41, 5.74) is 2.50. The summed E-state index contributed by atoms with van der Waals surface area (Å²) in [6.07, 6.45) is 0. The van der Waals surface area contributed by atoms with Gasteiger partial charge in [-0.1, -0.05) is 61.0 Å². The second-order valence-electron chi connectivity index (χ2n) is 5.90. The Balaban J connectivity index is 2.34. The first-order chi connectivity index (χ1) is 9.29. The van der Waals surface area contributed by atoms with Crippen molar-refractivity contribution in [3.05, 3.63) is 70.8 Å². The molecule has 0 aliphatic rings. The van der Waals surface area contributed by atoms with E-state index in [2.05, 4.69) is 36.7 Å². The lowest BCUT2D eigenvalue weighted by molar-refractivity contribution is 0.586. The molecular weight excluding hydrogens is 322 g/mol. The Labute approximate surface area is 127 Å². The van der Waals surface area contributed by atoms with Gasteiger partial charge in [0.25, 0.3) is 0 Å². The largest absolute Gasteiger partial charge is 0.207 e. The second-order valence-corrected chi connectivity index (χ2v) is 6.82. The fourth-order valence-electron chi connectivity index (χ4n) is 2.04. The summed E-state index contributed by atoms with van der Waals surface area (Å²) < 4.78 is 27.0. The van der Waals surface area contributed by atoms with E-state index < -0.39 is 11.6 Å². The number of benzene rings is 2. The highest BCUT2D eigenvalue weighted by atomic mass is 79.9. The Hall–Kier alpha value is -1.22. The Kier molecular flexibility index (Phi) is 4.28. The van der Waals surface area contributed by atoms with Crippen LogP contribution in [0, 0.1) is 11.6 Å². The van der Waals surface area contributed by atoms with Gasteiger partial charge in [0, 0.05) is 5.56 Å². The van der Waals surface area contributed by atoms with Crippen molar-refractivity contribution in [3.63, 3.8) is 0 Å². The fraction of sp³-hybridized carbons (Fsp3) is 0.294. The van der Waals surface area contributed by atoms with Gasteiger partial charge < -0.3 is 0 Å². The van der Waals surface area contributed by atoms with Crippen LogP contribution in [0.5, 0.6) is 0 Å². The summed E-state index contributed by atoms with van der Waals surface area (Å²) in [6, 6.07) is 11.5. The van der Waals surface area contributed by atoms with Gasteiger partial charge in [-0.15, -0.1) is 0 Å². The van der Waals surface area contributed by atoms with E-state index in [-0.39, 0.29) is 10.2 Å². The van der Waals surface area contributed by atoms with Crippen molar-refractivity contribution in [2.75, 3.05) is 0 Å². The zero-order valence-electron chi connectivity index (χ0n) is 11.8. The molecule has 0 nitrogen and oxygen atoms in total. The molecule has 106 valence electrons. The van der Waals surface area contributed by atoms with Crippen LogP contribution in [0.25, 0.3) is 0 Å². The van der Waals surface area contributed by atoms with Crippen LogP contribution in [0.4, 0.5) is 8.78 Å². The molecule has 0 fully saturated rings. The third kappa shape index (κ3) is 3.26. The number of hydrogen-bond donors (Lipinski definition) is 0. The third-order valence-electron chi connectivity index (χ3n) is 3.30. The van der Waals surface area contributed by atoms with Gasteiger partial charge in [0.05, 0.1) is 4.83 Å². The summed E-state index contributed by atoms with van der Waals surface area (Å²) in [6.45, 7) is 6.42. The summed E-state index contributed by atoms with van der Waals surface area (Å²) in [4.78, 5) is -0.354. The first-order valence-electron chi connectivity index (χ1n) is 6.48. The molecule has 1 unspecified atom stereocenters. The van der Waals surface area contributed by atoms with Gasteiger partial charge in [0.1, 0.15) is 11.6 Å². The Morgan fingerprint density at radius 3 is 2.10 bits per heavy atom.